The Kier molecular flexibility index (Phi) is 5.50. The van der Waals surface area contributed by atoms with Gasteiger partial charge in [0.05, 0.1) is 12.2 Å². The van der Waals surface area contributed by atoms with Gasteiger partial charge in [-0.05, 0) is 25.3 Å². The molecule has 0 aliphatic heterocycles. The predicted octanol–water partition coefficient (Wildman–Crippen LogP) is 2.22. The zero-order valence-corrected chi connectivity index (χ0v) is 12.4. The van der Waals surface area contributed by atoms with Crippen molar-refractivity contribution in [1.29, 1.82) is 5.26 Å². The molecule has 1 aromatic rings. The summed E-state index contributed by atoms with van der Waals surface area (Å²) in [5.41, 5.74) is 0.628. The van der Waals surface area contributed by atoms with Crippen LogP contribution in [0.3, 0.4) is 0 Å². The fourth-order valence-corrected chi connectivity index (χ4v) is 2.51. The minimum atomic E-state index is -0.355. The summed E-state index contributed by atoms with van der Waals surface area (Å²) in [6.07, 6.45) is 10.1. The SMILES string of the molecule is CCCNC(=O)/C(C#N)=C\c1cn(C2CCCCC2)nn1. The van der Waals surface area contributed by atoms with Gasteiger partial charge in [0, 0.05) is 6.54 Å². The molecule has 1 N–H and O–H groups in total. The van der Waals surface area contributed by atoms with Crippen molar-refractivity contribution in [2.24, 2.45) is 0 Å². The van der Waals surface area contributed by atoms with Crippen molar-refractivity contribution in [1.82, 2.24) is 20.3 Å². The number of nitrogens with zero attached hydrogens (tertiary/aromatic N) is 4. The van der Waals surface area contributed by atoms with Gasteiger partial charge in [0.15, 0.2) is 0 Å². The quantitative estimate of drug-likeness (QED) is 0.664. The molecule has 6 nitrogen and oxygen atoms in total. The van der Waals surface area contributed by atoms with Crippen LogP contribution in [0.25, 0.3) is 6.08 Å². The lowest BCUT2D eigenvalue weighted by molar-refractivity contribution is -0.117. The monoisotopic (exact) mass is 287 g/mol. The van der Waals surface area contributed by atoms with E-state index in [2.05, 4.69) is 15.6 Å². The molecule has 1 fully saturated rings. The van der Waals surface area contributed by atoms with Gasteiger partial charge in [-0.1, -0.05) is 31.4 Å². The minimum Gasteiger partial charge on any atom is -0.351 e. The highest BCUT2D eigenvalue weighted by molar-refractivity contribution is 6.01. The van der Waals surface area contributed by atoms with Gasteiger partial charge in [0.2, 0.25) is 0 Å². The molecule has 1 aliphatic rings. The molecule has 0 spiro atoms. The van der Waals surface area contributed by atoms with Crippen LogP contribution in [-0.2, 0) is 4.79 Å². The maximum Gasteiger partial charge on any atom is 0.262 e. The molecule has 6 heteroatoms. The molecule has 112 valence electrons. The molecule has 1 aromatic heterocycles. The van der Waals surface area contributed by atoms with Crippen molar-refractivity contribution in [3.8, 4) is 6.07 Å². The van der Waals surface area contributed by atoms with E-state index in [-0.39, 0.29) is 11.5 Å². The van der Waals surface area contributed by atoms with E-state index in [0.29, 0.717) is 18.3 Å². The Balaban J connectivity index is 2.07. The van der Waals surface area contributed by atoms with Gasteiger partial charge in [-0.2, -0.15) is 5.26 Å². The number of carbonyl (C=O) groups excluding carboxylic acids is 1. The first-order chi connectivity index (χ1) is 10.2. The standard InChI is InChI=1S/C15H21N5O/c1-2-8-17-15(21)12(10-16)9-13-11-20(19-18-13)14-6-4-3-5-7-14/h9,11,14H,2-8H2,1H3,(H,17,21)/b12-9-. The number of carbonyl (C=O) groups is 1. The van der Waals surface area contributed by atoms with Gasteiger partial charge in [-0.15, -0.1) is 5.10 Å². The number of amides is 1. The summed E-state index contributed by atoms with van der Waals surface area (Å²) >= 11 is 0. The molecule has 0 aromatic carbocycles. The van der Waals surface area contributed by atoms with Crippen LogP contribution in [0, 0.1) is 11.3 Å². The third kappa shape index (κ3) is 4.15. The van der Waals surface area contributed by atoms with Crippen LogP contribution < -0.4 is 5.32 Å². The van der Waals surface area contributed by atoms with E-state index >= 15 is 0 Å². The van der Waals surface area contributed by atoms with Crippen LogP contribution in [0.1, 0.15) is 57.2 Å². The summed E-state index contributed by atoms with van der Waals surface area (Å²) in [4.78, 5) is 11.8. The number of nitrogens with one attached hydrogen (secondary N) is 1. The topological polar surface area (TPSA) is 83.6 Å². The zero-order chi connectivity index (χ0) is 15.1. The fourth-order valence-electron chi connectivity index (χ4n) is 2.51. The number of hydrogen-bond acceptors (Lipinski definition) is 4. The van der Waals surface area contributed by atoms with Crippen LogP contribution in [0.4, 0.5) is 0 Å². The first-order valence-corrected chi connectivity index (χ1v) is 7.56. The van der Waals surface area contributed by atoms with Crippen LogP contribution in [0.5, 0.6) is 0 Å². The van der Waals surface area contributed by atoms with Crippen molar-refractivity contribution in [3.63, 3.8) is 0 Å². The summed E-state index contributed by atoms with van der Waals surface area (Å²) in [7, 11) is 0. The van der Waals surface area contributed by atoms with E-state index in [9.17, 15) is 4.79 Å². The summed E-state index contributed by atoms with van der Waals surface area (Å²) < 4.78 is 1.87. The molecule has 0 bridgehead atoms. The molecule has 1 saturated carbocycles. The van der Waals surface area contributed by atoms with Crippen LogP contribution in [0.15, 0.2) is 11.8 Å². The van der Waals surface area contributed by atoms with Gasteiger partial charge >= 0.3 is 0 Å². The van der Waals surface area contributed by atoms with Crippen LogP contribution in [0.2, 0.25) is 0 Å². The third-order valence-electron chi connectivity index (χ3n) is 3.67. The molecule has 0 radical (unpaired) electrons. The van der Waals surface area contributed by atoms with Crippen molar-refractivity contribution >= 4 is 12.0 Å². The molecule has 2 rings (SSSR count). The maximum absolute atomic E-state index is 11.8. The molecule has 0 saturated heterocycles. The van der Waals surface area contributed by atoms with Crippen molar-refractivity contribution in [2.75, 3.05) is 6.54 Å². The lowest BCUT2D eigenvalue weighted by Gasteiger charge is -2.20. The average Bonchev–Trinajstić information content (AvgIpc) is 2.99. The summed E-state index contributed by atoms with van der Waals surface area (Å²) in [5.74, 6) is -0.355. The molecule has 21 heavy (non-hydrogen) atoms. The lowest BCUT2D eigenvalue weighted by Crippen LogP contribution is -2.25. The predicted molar refractivity (Wildman–Crippen MR) is 79.0 cm³/mol. The van der Waals surface area contributed by atoms with Gasteiger partial charge in [0.1, 0.15) is 17.3 Å². The van der Waals surface area contributed by atoms with E-state index in [1.807, 2.05) is 23.9 Å². The van der Waals surface area contributed by atoms with Crippen molar-refractivity contribution in [3.05, 3.63) is 17.5 Å². The molecular formula is C15H21N5O. The first kappa shape index (κ1) is 15.2. The fraction of sp³-hybridized carbons (Fsp3) is 0.600. The second-order valence-electron chi connectivity index (χ2n) is 5.34. The highest BCUT2D eigenvalue weighted by Gasteiger charge is 2.17. The Morgan fingerprint density at radius 3 is 2.95 bits per heavy atom. The Bertz CT molecular complexity index is 549. The van der Waals surface area contributed by atoms with Gasteiger partial charge in [-0.25, -0.2) is 4.68 Å². The largest absolute Gasteiger partial charge is 0.351 e. The highest BCUT2D eigenvalue weighted by atomic mass is 16.1. The zero-order valence-electron chi connectivity index (χ0n) is 12.4. The third-order valence-corrected chi connectivity index (χ3v) is 3.67. The van der Waals surface area contributed by atoms with Gasteiger partial charge in [-0.3, -0.25) is 4.79 Å². The normalized spacial score (nSPS) is 16.5. The highest BCUT2D eigenvalue weighted by Crippen LogP contribution is 2.27. The summed E-state index contributed by atoms with van der Waals surface area (Å²) in [6, 6.07) is 2.32. The molecular weight excluding hydrogens is 266 g/mol. The smallest absolute Gasteiger partial charge is 0.262 e. The lowest BCUT2D eigenvalue weighted by atomic mass is 9.96. The first-order valence-electron chi connectivity index (χ1n) is 7.56. The Hall–Kier alpha value is -2.16. The van der Waals surface area contributed by atoms with E-state index in [1.54, 1.807) is 0 Å². The van der Waals surface area contributed by atoms with Gasteiger partial charge in [0.25, 0.3) is 5.91 Å². The van der Waals surface area contributed by atoms with E-state index < -0.39 is 0 Å². The minimum absolute atomic E-state index is 0.0687. The number of aromatic nitrogens is 3. The Morgan fingerprint density at radius 1 is 1.52 bits per heavy atom. The molecule has 1 aliphatic carbocycles. The number of hydrogen-bond donors (Lipinski definition) is 1. The van der Waals surface area contributed by atoms with Crippen LogP contribution >= 0.6 is 0 Å². The molecule has 0 atom stereocenters. The van der Waals surface area contributed by atoms with Crippen LogP contribution in [-0.4, -0.2) is 27.4 Å². The maximum atomic E-state index is 11.8. The van der Waals surface area contributed by atoms with E-state index in [0.717, 1.165) is 19.3 Å². The second-order valence-corrected chi connectivity index (χ2v) is 5.34. The summed E-state index contributed by atoms with van der Waals surface area (Å²) in [5, 5.41) is 19.9. The summed E-state index contributed by atoms with van der Waals surface area (Å²) in [6.45, 7) is 2.53. The molecule has 0 unspecified atom stereocenters. The number of nitriles is 1. The van der Waals surface area contributed by atoms with Gasteiger partial charge < -0.3 is 5.32 Å². The second kappa shape index (κ2) is 7.58. The van der Waals surface area contributed by atoms with Crippen molar-refractivity contribution in [2.45, 2.75) is 51.5 Å². The Labute approximate surface area is 124 Å². The molecule has 1 heterocycles. The van der Waals surface area contributed by atoms with E-state index in [4.69, 9.17) is 5.26 Å². The van der Waals surface area contributed by atoms with Crippen molar-refractivity contribution < 1.29 is 4.79 Å². The Morgan fingerprint density at radius 2 is 2.29 bits per heavy atom. The van der Waals surface area contributed by atoms with E-state index in [1.165, 1.54) is 25.3 Å². The number of rotatable bonds is 5. The molecule has 1 amide bonds. The average molecular weight is 287 g/mol.